The van der Waals surface area contributed by atoms with Crippen LogP contribution in [0.3, 0.4) is 0 Å². The summed E-state index contributed by atoms with van der Waals surface area (Å²) < 4.78 is 2.21. The average molecular weight is 250 g/mol. The molecule has 0 saturated carbocycles. The number of alkyl halides is 1. The van der Waals surface area contributed by atoms with Gasteiger partial charge in [0.2, 0.25) is 0 Å². The van der Waals surface area contributed by atoms with Gasteiger partial charge < -0.3 is 5.01 Å². The smallest absolute Gasteiger partial charge is 0.143 e. The second-order valence-corrected chi connectivity index (χ2v) is 4.74. The summed E-state index contributed by atoms with van der Waals surface area (Å²) in [5.41, 5.74) is 2.21. The number of para-hydroxylation sites is 2. The highest BCUT2D eigenvalue weighted by Crippen LogP contribution is 2.20. The highest BCUT2D eigenvalue weighted by Gasteiger charge is 2.17. The van der Waals surface area contributed by atoms with Gasteiger partial charge in [-0.25, -0.2) is 9.66 Å². The molecule has 0 bridgehead atoms. The lowest BCUT2D eigenvalue weighted by Gasteiger charge is -2.31. The summed E-state index contributed by atoms with van der Waals surface area (Å²) >= 11 is 6.01. The molecular weight excluding hydrogens is 234 g/mol. The average Bonchev–Trinajstić information content (AvgIpc) is 2.78. The fourth-order valence-electron chi connectivity index (χ4n) is 2.54. The third-order valence-corrected chi connectivity index (χ3v) is 3.58. The molecule has 1 aromatic carbocycles. The monoisotopic (exact) mass is 249 g/mol. The van der Waals surface area contributed by atoms with Crippen LogP contribution < -0.4 is 5.01 Å². The minimum atomic E-state index is 0.463. The van der Waals surface area contributed by atoms with Crippen LogP contribution in [0.25, 0.3) is 11.0 Å². The highest BCUT2D eigenvalue weighted by molar-refractivity contribution is 6.16. The molecule has 2 aromatic rings. The maximum absolute atomic E-state index is 6.01. The number of hydrogen-bond acceptors (Lipinski definition) is 2. The van der Waals surface area contributed by atoms with Crippen molar-refractivity contribution in [1.29, 1.82) is 0 Å². The van der Waals surface area contributed by atoms with E-state index in [0.717, 1.165) is 24.4 Å². The minimum Gasteiger partial charge on any atom is -0.311 e. The van der Waals surface area contributed by atoms with E-state index in [0.29, 0.717) is 5.88 Å². The number of halogens is 1. The van der Waals surface area contributed by atoms with Crippen molar-refractivity contribution < 1.29 is 0 Å². The summed E-state index contributed by atoms with van der Waals surface area (Å²) in [6.07, 6.45) is 3.85. The largest absolute Gasteiger partial charge is 0.311 e. The number of aromatic nitrogens is 2. The first-order valence-electron chi connectivity index (χ1n) is 6.18. The van der Waals surface area contributed by atoms with Crippen molar-refractivity contribution in [2.24, 2.45) is 0 Å². The lowest BCUT2D eigenvalue weighted by atomic mass is 10.2. The zero-order chi connectivity index (χ0) is 11.7. The lowest BCUT2D eigenvalue weighted by molar-refractivity contribution is 0.478. The van der Waals surface area contributed by atoms with Crippen LogP contribution in [0.2, 0.25) is 0 Å². The molecule has 0 N–H and O–H groups in total. The standard InChI is InChI=1S/C13H16ClN3/c14-10-13-15-11-6-2-3-7-12(11)17(13)16-8-4-1-5-9-16/h2-3,6-7H,1,4-5,8-10H2. The zero-order valence-corrected chi connectivity index (χ0v) is 10.5. The molecule has 0 spiro atoms. The summed E-state index contributed by atoms with van der Waals surface area (Å²) in [6, 6.07) is 8.25. The van der Waals surface area contributed by atoms with Gasteiger partial charge in [0.1, 0.15) is 5.82 Å². The van der Waals surface area contributed by atoms with Crippen LogP contribution in [0.1, 0.15) is 25.1 Å². The van der Waals surface area contributed by atoms with E-state index < -0.39 is 0 Å². The van der Waals surface area contributed by atoms with Gasteiger partial charge in [0, 0.05) is 13.1 Å². The number of nitrogens with zero attached hydrogens (tertiary/aromatic N) is 3. The fourth-order valence-corrected chi connectivity index (χ4v) is 2.72. The first-order valence-corrected chi connectivity index (χ1v) is 6.71. The topological polar surface area (TPSA) is 21.1 Å². The van der Waals surface area contributed by atoms with E-state index in [1.165, 1.54) is 24.8 Å². The Morgan fingerprint density at radius 3 is 2.65 bits per heavy atom. The van der Waals surface area contributed by atoms with Crippen molar-refractivity contribution in [2.75, 3.05) is 18.1 Å². The Morgan fingerprint density at radius 2 is 1.88 bits per heavy atom. The van der Waals surface area contributed by atoms with Gasteiger partial charge in [0.05, 0.1) is 16.9 Å². The summed E-state index contributed by atoms with van der Waals surface area (Å²) in [5.74, 6) is 1.42. The van der Waals surface area contributed by atoms with Gasteiger partial charge >= 0.3 is 0 Å². The molecule has 0 aliphatic carbocycles. The number of piperidine rings is 1. The molecular formula is C13H16ClN3. The second kappa shape index (κ2) is 4.57. The van der Waals surface area contributed by atoms with E-state index in [-0.39, 0.29) is 0 Å². The van der Waals surface area contributed by atoms with Crippen LogP contribution in [0.15, 0.2) is 24.3 Å². The van der Waals surface area contributed by atoms with Gasteiger partial charge in [-0.3, -0.25) is 0 Å². The molecule has 90 valence electrons. The van der Waals surface area contributed by atoms with Crippen LogP contribution >= 0.6 is 11.6 Å². The lowest BCUT2D eigenvalue weighted by Crippen LogP contribution is -2.39. The van der Waals surface area contributed by atoms with Gasteiger partial charge in [-0.05, 0) is 31.4 Å². The van der Waals surface area contributed by atoms with Crippen LogP contribution in [0.4, 0.5) is 0 Å². The molecule has 1 aliphatic rings. The first kappa shape index (κ1) is 10.9. The zero-order valence-electron chi connectivity index (χ0n) is 9.77. The Kier molecular flexibility index (Phi) is 2.93. The van der Waals surface area contributed by atoms with Crippen molar-refractivity contribution in [3.8, 4) is 0 Å². The van der Waals surface area contributed by atoms with E-state index in [9.17, 15) is 0 Å². The molecule has 0 radical (unpaired) electrons. The molecule has 0 unspecified atom stereocenters. The molecule has 1 aromatic heterocycles. The molecule has 1 fully saturated rings. The van der Waals surface area contributed by atoms with E-state index in [4.69, 9.17) is 11.6 Å². The maximum Gasteiger partial charge on any atom is 0.143 e. The number of rotatable bonds is 2. The summed E-state index contributed by atoms with van der Waals surface area (Å²) in [5, 5.41) is 2.37. The van der Waals surface area contributed by atoms with E-state index in [2.05, 4.69) is 26.8 Å². The van der Waals surface area contributed by atoms with Crippen molar-refractivity contribution in [1.82, 2.24) is 9.66 Å². The van der Waals surface area contributed by atoms with Gasteiger partial charge in [-0.15, -0.1) is 11.6 Å². The highest BCUT2D eigenvalue weighted by atomic mass is 35.5. The van der Waals surface area contributed by atoms with E-state index in [1.54, 1.807) is 0 Å². The molecule has 4 heteroatoms. The fraction of sp³-hybridized carbons (Fsp3) is 0.462. The molecule has 1 saturated heterocycles. The molecule has 3 nitrogen and oxygen atoms in total. The van der Waals surface area contributed by atoms with Crippen molar-refractivity contribution in [3.05, 3.63) is 30.1 Å². The van der Waals surface area contributed by atoms with E-state index in [1.807, 2.05) is 12.1 Å². The molecule has 3 rings (SSSR count). The third-order valence-electron chi connectivity index (χ3n) is 3.34. The quantitative estimate of drug-likeness (QED) is 0.764. The maximum atomic E-state index is 6.01. The van der Waals surface area contributed by atoms with Gasteiger partial charge in [0.25, 0.3) is 0 Å². The number of hydrogen-bond donors (Lipinski definition) is 0. The Labute approximate surface area is 106 Å². The third kappa shape index (κ3) is 1.89. The molecule has 2 heterocycles. The Bertz CT molecular complexity index is 514. The van der Waals surface area contributed by atoms with Crippen LogP contribution in [-0.4, -0.2) is 22.7 Å². The van der Waals surface area contributed by atoms with Crippen LogP contribution in [0.5, 0.6) is 0 Å². The summed E-state index contributed by atoms with van der Waals surface area (Å²) in [4.78, 5) is 4.60. The molecule has 0 atom stereocenters. The van der Waals surface area contributed by atoms with Crippen molar-refractivity contribution in [3.63, 3.8) is 0 Å². The van der Waals surface area contributed by atoms with Crippen LogP contribution in [0, 0.1) is 0 Å². The first-order chi connectivity index (χ1) is 8.40. The normalized spacial score (nSPS) is 16.6. The predicted molar refractivity (Wildman–Crippen MR) is 71.1 cm³/mol. The Hall–Kier alpha value is -1.22. The SMILES string of the molecule is ClCc1nc2ccccc2n1N1CCCCC1. The Morgan fingerprint density at radius 1 is 1.12 bits per heavy atom. The summed E-state index contributed by atoms with van der Waals surface area (Å²) in [7, 11) is 0. The van der Waals surface area contributed by atoms with Crippen LogP contribution in [-0.2, 0) is 5.88 Å². The van der Waals surface area contributed by atoms with Crippen molar-refractivity contribution >= 4 is 22.6 Å². The second-order valence-electron chi connectivity index (χ2n) is 4.48. The Balaban J connectivity index is 2.11. The predicted octanol–water partition coefficient (Wildman–Crippen LogP) is 2.90. The molecule has 1 aliphatic heterocycles. The minimum absolute atomic E-state index is 0.463. The number of imidazole rings is 1. The summed E-state index contributed by atoms with van der Waals surface area (Å²) in [6.45, 7) is 2.20. The van der Waals surface area contributed by atoms with Crippen molar-refractivity contribution in [2.45, 2.75) is 25.1 Å². The van der Waals surface area contributed by atoms with Gasteiger partial charge in [-0.1, -0.05) is 12.1 Å². The molecule has 17 heavy (non-hydrogen) atoms. The number of fused-ring (bicyclic) bond motifs is 1. The van der Waals surface area contributed by atoms with Gasteiger partial charge in [-0.2, -0.15) is 0 Å². The van der Waals surface area contributed by atoms with E-state index >= 15 is 0 Å². The number of benzene rings is 1. The van der Waals surface area contributed by atoms with Gasteiger partial charge in [0.15, 0.2) is 0 Å². The molecule has 0 amide bonds.